The Balaban J connectivity index is 1.85. The van der Waals surface area contributed by atoms with Gasteiger partial charge in [0.2, 0.25) is 10.0 Å². The van der Waals surface area contributed by atoms with Gasteiger partial charge in [-0.25, -0.2) is 17.2 Å². The number of nitrogens with zero attached hydrogens (tertiary/aromatic N) is 3. The van der Waals surface area contributed by atoms with Crippen LogP contribution in [0.2, 0.25) is 0 Å². The van der Waals surface area contributed by atoms with Gasteiger partial charge in [-0.05, 0) is 37.1 Å². The number of nitro groups is 1. The van der Waals surface area contributed by atoms with Gasteiger partial charge in [-0.3, -0.25) is 15.5 Å². The summed E-state index contributed by atoms with van der Waals surface area (Å²) >= 11 is 0. The Kier molecular flexibility index (Phi) is 5.66. The average molecular weight is 410 g/mol. The van der Waals surface area contributed by atoms with Gasteiger partial charge in [0.25, 0.3) is 5.69 Å². The zero-order valence-corrected chi connectivity index (χ0v) is 15.3. The second-order valence-corrected chi connectivity index (χ2v) is 8.02. The van der Waals surface area contributed by atoms with Crippen LogP contribution in [-0.4, -0.2) is 37.0 Å². The maximum atomic E-state index is 13.6. The molecule has 0 aliphatic carbocycles. The molecule has 1 heterocycles. The zero-order valence-electron chi connectivity index (χ0n) is 14.5. The number of hydrogen-bond donors (Lipinski definition) is 1. The van der Waals surface area contributed by atoms with Crippen molar-refractivity contribution in [2.24, 2.45) is 5.10 Å². The molecule has 8 nitrogen and oxygen atoms in total. The molecule has 1 N–H and O–H groups in total. The Hall–Kier alpha value is -2.92. The van der Waals surface area contributed by atoms with Gasteiger partial charge < -0.3 is 0 Å². The maximum Gasteiger partial charge on any atom is 0.295 e. The smallest absolute Gasteiger partial charge is 0.272 e. The number of benzene rings is 2. The Bertz CT molecular complexity index is 1040. The van der Waals surface area contributed by atoms with Crippen molar-refractivity contribution >= 4 is 27.6 Å². The molecule has 0 radical (unpaired) electrons. The van der Waals surface area contributed by atoms with E-state index in [0.717, 1.165) is 37.3 Å². The quantitative estimate of drug-likeness (QED) is 0.448. The topological polar surface area (TPSA) is 105 Å². The lowest BCUT2D eigenvalue weighted by molar-refractivity contribution is -0.384. The molecule has 2 aromatic carbocycles. The first-order valence-corrected chi connectivity index (χ1v) is 9.76. The fourth-order valence-corrected chi connectivity index (χ4v) is 4.31. The lowest BCUT2D eigenvalue weighted by atomic mass is 10.2. The summed E-state index contributed by atoms with van der Waals surface area (Å²) in [6.45, 7) is 0.757. The highest BCUT2D eigenvalue weighted by molar-refractivity contribution is 7.89. The van der Waals surface area contributed by atoms with Gasteiger partial charge in [0.15, 0.2) is 0 Å². The normalized spacial score (nSPS) is 15.2. The molecule has 0 amide bonds. The van der Waals surface area contributed by atoms with Gasteiger partial charge in [0.1, 0.15) is 17.3 Å². The SMILES string of the molecule is O=[N+]([O-])c1cc(S(=O)(=O)N2CCCC2)ccc1N/N=C/c1ccc(F)cc1F. The molecule has 1 saturated heterocycles. The van der Waals surface area contributed by atoms with E-state index in [1.54, 1.807) is 0 Å². The van der Waals surface area contributed by atoms with E-state index in [9.17, 15) is 27.3 Å². The van der Waals surface area contributed by atoms with Crippen molar-refractivity contribution < 1.29 is 22.1 Å². The third kappa shape index (κ3) is 4.15. The second-order valence-electron chi connectivity index (χ2n) is 6.08. The van der Waals surface area contributed by atoms with Gasteiger partial charge in [-0.2, -0.15) is 9.41 Å². The van der Waals surface area contributed by atoms with Crippen LogP contribution in [0.1, 0.15) is 18.4 Å². The van der Waals surface area contributed by atoms with Crippen molar-refractivity contribution in [3.63, 3.8) is 0 Å². The Morgan fingerprint density at radius 2 is 1.86 bits per heavy atom. The molecule has 2 aromatic rings. The third-order valence-corrected chi connectivity index (χ3v) is 6.11. The van der Waals surface area contributed by atoms with E-state index < -0.39 is 32.3 Å². The van der Waals surface area contributed by atoms with Crippen LogP contribution in [0.15, 0.2) is 46.4 Å². The zero-order chi connectivity index (χ0) is 20.3. The maximum absolute atomic E-state index is 13.6. The number of hydrazone groups is 1. The Labute approximate surface area is 159 Å². The highest BCUT2D eigenvalue weighted by Gasteiger charge is 2.29. The number of nitrogens with one attached hydrogen (secondary N) is 1. The van der Waals surface area contributed by atoms with Crippen molar-refractivity contribution in [3.8, 4) is 0 Å². The van der Waals surface area contributed by atoms with E-state index in [0.29, 0.717) is 19.2 Å². The molecule has 0 aromatic heterocycles. The Morgan fingerprint density at radius 1 is 1.14 bits per heavy atom. The molecule has 11 heteroatoms. The van der Waals surface area contributed by atoms with Crippen molar-refractivity contribution in [2.75, 3.05) is 18.5 Å². The van der Waals surface area contributed by atoms with Gasteiger partial charge >= 0.3 is 0 Å². The van der Waals surface area contributed by atoms with E-state index in [2.05, 4.69) is 10.5 Å². The lowest BCUT2D eigenvalue weighted by Crippen LogP contribution is -2.27. The number of hydrogen-bond acceptors (Lipinski definition) is 6. The van der Waals surface area contributed by atoms with Crippen molar-refractivity contribution in [1.29, 1.82) is 0 Å². The van der Waals surface area contributed by atoms with Crippen molar-refractivity contribution in [3.05, 3.63) is 63.7 Å². The molecule has 148 valence electrons. The first-order chi connectivity index (χ1) is 13.3. The number of anilines is 1. The van der Waals surface area contributed by atoms with Crippen molar-refractivity contribution in [1.82, 2.24) is 4.31 Å². The number of halogens is 2. The fraction of sp³-hybridized carbons (Fsp3) is 0.235. The van der Waals surface area contributed by atoms with E-state index in [4.69, 9.17) is 0 Å². The van der Waals surface area contributed by atoms with Crippen LogP contribution in [0, 0.1) is 21.7 Å². The molecule has 1 aliphatic rings. The van der Waals surface area contributed by atoms with E-state index in [-0.39, 0.29) is 16.1 Å². The molecule has 0 saturated carbocycles. The molecular formula is C17H16F2N4O4S. The molecule has 0 unspecified atom stereocenters. The molecule has 0 spiro atoms. The fourth-order valence-electron chi connectivity index (χ4n) is 2.77. The summed E-state index contributed by atoms with van der Waals surface area (Å²) in [7, 11) is -3.81. The molecule has 1 fully saturated rings. The first kappa shape index (κ1) is 19.8. The van der Waals surface area contributed by atoms with Gasteiger partial charge in [0, 0.05) is 30.8 Å². The van der Waals surface area contributed by atoms with E-state index in [1.165, 1.54) is 16.4 Å². The predicted molar refractivity (Wildman–Crippen MR) is 98.7 cm³/mol. The van der Waals surface area contributed by atoms with E-state index in [1.807, 2.05) is 0 Å². The molecule has 0 bridgehead atoms. The first-order valence-electron chi connectivity index (χ1n) is 8.32. The number of sulfonamides is 1. The van der Waals surface area contributed by atoms with Gasteiger partial charge in [0.05, 0.1) is 16.0 Å². The summed E-state index contributed by atoms with van der Waals surface area (Å²) in [6.07, 6.45) is 2.53. The number of rotatable bonds is 6. The largest absolute Gasteiger partial charge is 0.295 e. The van der Waals surface area contributed by atoms with Crippen molar-refractivity contribution in [2.45, 2.75) is 17.7 Å². The average Bonchev–Trinajstić information content (AvgIpc) is 3.19. The van der Waals surface area contributed by atoms with Crippen LogP contribution in [0.25, 0.3) is 0 Å². The van der Waals surface area contributed by atoms with Crippen LogP contribution < -0.4 is 5.43 Å². The molecular weight excluding hydrogens is 394 g/mol. The Morgan fingerprint density at radius 3 is 2.50 bits per heavy atom. The van der Waals surface area contributed by atoms with E-state index >= 15 is 0 Å². The molecule has 28 heavy (non-hydrogen) atoms. The monoisotopic (exact) mass is 410 g/mol. The standard InChI is InChI=1S/C17H16F2N4O4S/c18-13-4-3-12(15(19)9-13)11-20-21-16-6-5-14(10-17(16)23(24)25)28(26,27)22-7-1-2-8-22/h3-6,9-11,21H,1-2,7-8H2/b20-11+. The summed E-state index contributed by atoms with van der Waals surface area (Å²) in [5.74, 6) is -1.58. The summed E-state index contributed by atoms with van der Waals surface area (Å²) in [5.41, 5.74) is 1.81. The molecule has 1 aliphatic heterocycles. The van der Waals surface area contributed by atoms with Crippen LogP contribution in [0.5, 0.6) is 0 Å². The minimum atomic E-state index is -3.81. The summed E-state index contributed by atoms with van der Waals surface area (Å²) in [4.78, 5) is 10.4. The highest BCUT2D eigenvalue weighted by atomic mass is 32.2. The van der Waals surface area contributed by atoms with Gasteiger partial charge in [-0.1, -0.05) is 0 Å². The minimum absolute atomic E-state index is 0.0233. The summed E-state index contributed by atoms with van der Waals surface area (Å²) < 4.78 is 52.9. The van der Waals surface area contributed by atoms with Crippen LogP contribution in [-0.2, 0) is 10.0 Å². The van der Waals surface area contributed by atoms with Crippen LogP contribution in [0.3, 0.4) is 0 Å². The van der Waals surface area contributed by atoms with Crippen LogP contribution in [0.4, 0.5) is 20.2 Å². The molecule has 0 atom stereocenters. The summed E-state index contributed by atoms with van der Waals surface area (Å²) in [6, 6.07) is 6.32. The molecule has 3 rings (SSSR count). The highest BCUT2D eigenvalue weighted by Crippen LogP contribution is 2.30. The lowest BCUT2D eigenvalue weighted by Gasteiger charge is -2.15. The third-order valence-electron chi connectivity index (χ3n) is 4.22. The summed E-state index contributed by atoms with van der Waals surface area (Å²) in [5, 5.41) is 15.1. The predicted octanol–water partition coefficient (Wildman–Crippen LogP) is 3.10. The van der Waals surface area contributed by atoms with Crippen LogP contribution >= 0.6 is 0 Å². The minimum Gasteiger partial charge on any atom is -0.272 e. The van der Waals surface area contributed by atoms with Gasteiger partial charge in [-0.15, -0.1) is 0 Å². The number of nitro benzene ring substituents is 1. The second kappa shape index (κ2) is 7.98.